The fourth-order valence-electron chi connectivity index (χ4n) is 7.71. The molecule has 0 aliphatic carbocycles. The molecule has 6 atom stereocenters. The quantitative estimate of drug-likeness (QED) is 0.167. The van der Waals surface area contributed by atoms with E-state index in [1.807, 2.05) is 135 Å². The van der Waals surface area contributed by atoms with Gasteiger partial charge < -0.3 is 9.80 Å². The van der Waals surface area contributed by atoms with E-state index in [1.165, 1.54) is 0 Å². The van der Waals surface area contributed by atoms with Crippen molar-refractivity contribution in [3.8, 4) is 0 Å². The van der Waals surface area contributed by atoms with E-state index in [4.69, 9.17) is 46.4 Å². The van der Waals surface area contributed by atoms with Crippen LogP contribution in [0.25, 0.3) is 0 Å². The van der Waals surface area contributed by atoms with Gasteiger partial charge in [-0.25, -0.2) is 0 Å². The van der Waals surface area contributed by atoms with Crippen molar-refractivity contribution >= 4 is 69.8 Å². The number of ketones is 2. The van der Waals surface area contributed by atoms with Gasteiger partial charge in [-0.3, -0.25) is 19.2 Å². The van der Waals surface area contributed by atoms with E-state index in [-0.39, 0.29) is 72.2 Å². The summed E-state index contributed by atoms with van der Waals surface area (Å²) in [7, 11) is 0. The largest absolute Gasteiger partial charge is 0.325 e. The number of benzene rings is 4. The smallest absolute Gasteiger partial charge is 0.256 e. The van der Waals surface area contributed by atoms with Crippen LogP contribution in [0, 0.1) is 11.8 Å². The van der Waals surface area contributed by atoms with Gasteiger partial charge in [0, 0.05) is 24.7 Å². The highest BCUT2D eigenvalue weighted by Gasteiger charge is 2.47. The normalized spacial score (nSPS) is 23.3. The van der Waals surface area contributed by atoms with Crippen molar-refractivity contribution in [3.63, 3.8) is 0 Å². The van der Waals surface area contributed by atoms with Crippen molar-refractivity contribution in [2.75, 3.05) is 0 Å². The molecule has 0 saturated carbocycles. The number of rotatable bonds is 8. The number of alkyl halides is 4. The average Bonchev–Trinajstić information content (AvgIpc) is 3.18. The van der Waals surface area contributed by atoms with Crippen molar-refractivity contribution in [2.45, 2.75) is 73.4 Å². The highest BCUT2D eigenvalue weighted by Crippen LogP contribution is 2.47. The van der Waals surface area contributed by atoms with Crippen LogP contribution in [0.4, 0.5) is 0 Å². The lowest BCUT2D eigenvalue weighted by Crippen LogP contribution is -2.50. The van der Waals surface area contributed by atoms with Crippen LogP contribution in [-0.2, 0) is 19.2 Å². The summed E-state index contributed by atoms with van der Waals surface area (Å²) in [6.45, 7) is 3.95. The molecule has 6 rings (SSSR count). The molecule has 2 aliphatic rings. The molecule has 2 aliphatic heterocycles. The van der Waals surface area contributed by atoms with Gasteiger partial charge in [-0.1, -0.05) is 182 Å². The Balaban J connectivity index is 0.000000201. The predicted molar refractivity (Wildman–Crippen MR) is 208 cm³/mol. The van der Waals surface area contributed by atoms with E-state index in [0.717, 1.165) is 22.3 Å². The first-order valence-electron chi connectivity index (χ1n) is 17.5. The third kappa shape index (κ3) is 8.74. The van der Waals surface area contributed by atoms with E-state index in [0.29, 0.717) is 12.8 Å². The van der Waals surface area contributed by atoms with Crippen molar-refractivity contribution in [1.29, 1.82) is 0 Å². The zero-order chi connectivity index (χ0) is 37.4. The standard InChI is InChI=1S/2C21H21Cl2NO2/c2*1-2-16-18(25)13-17(14-9-5-3-6-10-14)24(21(26)20(22)23)19(16)15-11-7-4-8-12-15/h2*3-12,16-17,19-20H,2,13H2,1H3/t2*16-,17+,19+/m00/s1. The summed E-state index contributed by atoms with van der Waals surface area (Å²) in [5, 5.41) is 0. The van der Waals surface area contributed by atoms with Gasteiger partial charge in [0.15, 0.2) is 9.67 Å². The molecule has 52 heavy (non-hydrogen) atoms. The van der Waals surface area contributed by atoms with Crippen LogP contribution in [-0.4, -0.2) is 42.9 Å². The molecule has 2 amide bonds. The maximum absolute atomic E-state index is 13.0. The second-order valence-electron chi connectivity index (χ2n) is 13.0. The Bertz CT molecular complexity index is 1660. The van der Waals surface area contributed by atoms with E-state index in [2.05, 4.69) is 0 Å². The molecule has 6 nitrogen and oxygen atoms in total. The van der Waals surface area contributed by atoms with Crippen molar-refractivity contribution < 1.29 is 19.2 Å². The molecule has 0 N–H and O–H groups in total. The number of hydrogen-bond acceptors (Lipinski definition) is 4. The number of amides is 2. The molecule has 0 aromatic heterocycles. The highest BCUT2D eigenvalue weighted by molar-refractivity contribution is 6.54. The van der Waals surface area contributed by atoms with Crippen molar-refractivity contribution in [2.24, 2.45) is 11.8 Å². The number of Topliss-reactive ketones (excluding diaryl/α,β-unsaturated/α-hetero) is 2. The van der Waals surface area contributed by atoms with Crippen molar-refractivity contribution in [1.82, 2.24) is 9.80 Å². The fraction of sp³-hybridized carbons (Fsp3) is 0.333. The average molecular weight is 781 g/mol. The van der Waals surface area contributed by atoms with Crippen LogP contribution in [0.3, 0.4) is 0 Å². The van der Waals surface area contributed by atoms with Gasteiger partial charge in [0.1, 0.15) is 11.6 Å². The molecule has 4 aromatic rings. The first-order chi connectivity index (χ1) is 25.1. The molecule has 2 saturated heterocycles. The van der Waals surface area contributed by atoms with Crippen LogP contribution in [0.15, 0.2) is 121 Å². The summed E-state index contributed by atoms with van der Waals surface area (Å²) < 4.78 is 0. The van der Waals surface area contributed by atoms with Gasteiger partial charge in [0.05, 0.1) is 24.2 Å². The minimum absolute atomic E-state index is 0.167. The van der Waals surface area contributed by atoms with Gasteiger partial charge in [0.2, 0.25) is 0 Å². The second-order valence-corrected chi connectivity index (χ2v) is 15.2. The number of hydrogen-bond donors (Lipinski definition) is 0. The van der Waals surface area contributed by atoms with Crippen molar-refractivity contribution in [3.05, 3.63) is 144 Å². The SMILES string of the molecule is CC[C@H]1C(=O)C[C@H](c2ccccc2)N(C(=O)C(Cl)Cl)[C@@H]1c1ccccc1.CC[C@H]1C(=O)C[C@H](c2ccccc2)N(C(=O)C(Cl)Cl)[C@@H]1c1ccccc1. The van der Waals surface area contributed by atoms with Crippen LogP contribution in [0.5, 0.6) is 0 Å². The number of piperidine rings is 2. The summed E-state index contributed by atoms with van der Waals surface area (Å²) >= 11 is 23.9. The van der Waals surface area contributed by atoms with Gasteiger partial charge in [-0.05, 0) is 35.1 Å². The van der Waals surface area contributed by atoms with Gasteiger partial charge in [-0.15, -0.1) is 0 Å². The Labute approximate surface area is 326 Å². The maximum Gasteiger partial charge on any atom is 0.256 e. The molecular formula is C42H42Cl4N2O4. The van der Waals surface area contributed by atoms with E-state index < -0.39 is 9.67 Å². The molecule has 2 fully saturated rings. The Morgan fingerprint density at radius 3 is 1.04 bits per heavy atom. The predicted octanol–water partition coefficient (Wildman–Crippen LogP) is 10.2. The lowest BCUT2D eigenvalue weighted by Gasteiger charge is -2.46. The van der Waals surface area contributed by atoms with Crippen LogP contribution >= 0.6 is 46.4 Å². The molecule has 0 unspecified atom stereocenters. The fourth-order valence-corrected chi connectivity index (χ4v) is 8.16. The zero-order valence-corrected chi connectivity index (χ0v) is 32.1. The first-order valence-corrected chi connectivity index (χ1v) is 19.3. The lowest BCUT2D eigenvalue weighted by molar-refractivity contribution is -0.147. The summed E-state index contributed by atoms with van der Waals surface area (Å²) in [4.78, 5) is 52.9. The Morgan fingerprint density at radius 2 is 0.788 bits per heavy atom. The second kappa shape index (κ2) is 18.4. The minimum atomic E-state index is -1.17. The minimum Gasteiger partial charge on any atom is -0.325 e. The molecule has 2 heterocycles. The number of halogens is 4. The molecule has 0 spiro atoms. The monoisotopic (exact) mass is 778 g/mol. The van der Waals surface area contributed by atoms with Gasteiger partial charge in [-0.2, -0.15) is 0 Å². The van der Waals surface area contributed by atoms with Crippen LogP contribution in [0.1, 0.15) is 86.0 Å². The zero-order valence-electron chi connectivity index (χ0n) is 29.0. The summed E-state index contributed by atoms with van der Waals surface area (Å²) in [5.74, 6) is -0.925. The van der Waals surface area contributed by atoms with E-state index >= 15 is 0 Å². The highest BCUT2D eigenvalue weighted by atomic mass is 35.5. The molecule has 0 bridgehead atoms. The number of carbonyl (C=O) groups excluding carboxylic acids is 4. The van der Waals surface area contributed by atoms with E-state index in [1.54, 1.807) is 9.80 Å². The Hall–Kier alpha value is -3.68. The molecular weight excluding hydrogens is 738 g/mol. The number of likely N-dealkylation sites (tertiary alicyclic amines) is 2. The van der Waals surface area contributed by atoms with Crippen LogP contribution in [0.2, 0.25) is 0 Å². The Kier molecular flexibility index (Phi) is 14.0. The summed E-state index contributed by atoms with van der Waals surface area (Å²) in [6, 6.07) is 37.0. The first kappa shape index (κ1) is 39.5. The topological polar surface area (TPSA) is 74.8 Å². The molecule has 272 valence electrons. The lowest BCUT2D eigenvalue weighted by atomic mass is 9.77. The number of carbonyl (C=O) groups is 4. The maximum atomic E-state index is 13.0. The Morgan fingerprint density at radius 1 is 0.519 bits per heavy atom. The van der Waals surface area contributed by atoms with Gasteiger partial charge in [0.25, 0.3) is 11.8 Å². The molecule has 10 heteroatoms. The third-order valence-electron chi connectivity index (χ3n) is 10.1. The molecule has 0 radical (unpaired) electrons. The van der Waals surface area contributed by atoms with Crippen LogP contribution < -0.4 is 0 Å². The van der Waals surface area contributed by atoms with Gasteiger partial charge >= 0.3 is 0 Å². The summed E-state index contributed by atoms with van der Waals surface area (Å²) in [6.07, 6.45) is 1.86. The number of nitrogens with zero attached hydrogens (tertiary/aromatic N) is 2. The van der Waals surface area contributed by atoms with E-state index in [9.17, 15) is 19.2 Å². The third-order valence-corrected chi connectivity index (χ3v) is 10.8. The summed E-state index contributed by atoms with van der Waals surface area (Å²) in [5.41, 5.74) is 3.68. The molecule has 4 aromatic carbocycles.